The summed E-state index contributed by atoms with van der Waals surface area (Å²) < 4.78 is 0. The van der Waals surface area contributed by atoms with Gasteiger partial charge < -0.3 is 0 Å². The van der Waals surface area contributed by atoms with Crippen LogP contribution in [0.4, 0.5) is 0 Å². The third-order valence-corrected chi connectivity index (χ3v) is 10.3. The van der Waals surface area contributed by atoms with E-state index in [-0.39, 0.29) is 11.8 Å². The number of benzene rings is 7. The van der Waals surface area contributed by atoms with Gasteiger partial charge in [0.2, 0.25) is 0 Å². The molecule has 0 saturated carbocycles. The van der Waals surface area contributed by atoms with Crippen LogP contribution < -0.4 is 0 Å². The molecule has 2 atom stereocenters. The first-order valence-electron chi connectivity index (χ1n) is 16.7. The zero-order chi connectivity index (χ0) is 33.8. The molecule has 2 aliphatic rings. The molecule has 2 aliphatic carbocycles. The average Bonchev–Trinajstić information content (AvgIpc) is 3.69. The number of nitrogens with zero attached hydrogens (tertiary/aromatic N) is 3. The van der Waals surface area contributed by atoms with Gasteiger partial charge in [0, 0.05) is 11.8 Å². The van der Waals surface area contributed by atoms with Crippen LogP contribution in [0.15, 0.2) is 152 Å². The summed E-state index contributed by atoms with van der Waals surface area (Å²) in [6, 6.07) is 59.3. The van der Waals surface area contributed by atoms with Gasteiger partial charge in [-0.1, -0.05) is 115 Å². The molecule has 0 N–H and O–H groups in total. The van der Waals surface area contributed by atoms with Gasteiger partial charge in [-0.2, -0.15) is 15.8 Å². The van der Waals surface area contributed by atoms with Crippen LogP contribution >= 0.6 is 0 Å². The monoisotopic (exact) mass is 633 g/mol. The molecule has 50 heavy (non-hydrogen) atoms. The van der Waals surface area contributed by atoms with Gasteiger partial charge in [0.25, 0.3) is 0 Å². The fourth-order valence-corrected chi connectivity index (χ4v) is 8.26. The fourth-order valence-electron chi connectivity index (χ4n) is 8.26. The Bertz CT molecular complexity index is 2650. The van der Waals surface area contributed by atoms with Gasteiger partial charge in [-0.3, -0.25) is 0 Å². The number of hydrogen-bond acceptors (Lipinski definition) is 3. The molecule has 7 aromatic carbocycles. The minimum absolute atomic E-state index is 0.0364. The highest BCUT2D eigenvalue weighted by Gasteiger charge is 2.34. The maximum atomic E-state index is 10.4. The molecular formula is C47H27N3. The molecule has 0 aromatic heterocycles. The molecule has 0 bridgehead atoms. The average molecular weight is 634 g/mol. The third-order valence-electron chi connectivity index (χ3n) is 10.3. The minimum Gasteiger partial charge on any atom is -0.192 e. The van der Waals surface area contributed by atoms with Crippen LogP contribution in [0.5, 0.6) is 0 Å². The Morgan fingerprint density at radius 2 is 0.860 bits per heavy atom. The van der Waals surface area contributed by atoms with E-state index >= 15 is 0 Å². The number of hydrogen-bond donors (Lipinski definition) is 0. The highest BCUT2D eigenvalue weighted by atomic mass is 14.4. The summed E-state index contributed by atoms with van der Waals surface area (Å²) in [5.41, 5.74) is 17.5. The second kappa shape index (κ2) is 11.6. The molecule has 7 aromatic rings. The quantitative estimate of drug-likeness (QED) is 0.194. The van der Waals surface area contributed by atoms with Crippen LogP contribution in [-0.4, -0.2) is 0 Å². The molecule has 0 heterocycles. The van der Waals surface area contributed by atoms with Gasteiger partial charge in [0.05, 0.1) is 34.9 Å². The summed E-state index contributed by atoms with van der Waals surface area (Å²) in [4.78, 5) is 0. The largest absolute Gasteiger partial charge is 0.192 e. The Balaban J connectivity index is 1.29. The molecule has 3 heteroatoms. The molecule has 230 valence electrons. The SMILES string of the molecule is N#Cc1cc(-c2cccc(C3c4ccccc4-c4cc(C#N)ccc43)c2-c2ccccc2)cc(C2c3ccccc3-c3cc(C#N)ccc32)c1. The number of fused-ring (bicyclic) bond motifs is 6. The van der Waals surface area contributed by atoms with E-state index in [4.69, 9.17) is 0 Å². The summed E-state index contributed by atoms with van der Waals surface area (Å²) in [6.45, 7) is 0. The summed E-state index contributed by atoms with van der Waals surface area (Å²) in [5.74, 6) is -0.113. The lowest BCUT2D eigenvalue weighted by Crippen LogP contribution is -2.04. The van der Waals surface area contributed by atoms with Crippen molar-refractivity contribution < 1.29 is 0 Å². The molecule has 0 aliphatic heterocycles. The van der Waals surface area contributed by atoms with Gasteiger partial charge in [0.15, 0.2) is 0 Å². The molecule has 0 amide bonds. The summed E-state index contributed by atoms with van der Waals surface area (Å²) in [6.07, 6.45) is 0. The first kappa shape index (κ1) is 29.2. The van der Waals surface area contributed by atoms with Crippen LogP contribution in [0.25, 0.3) is 44.5 Å². The second-order valence-corrected chi connectivity index (χ2v) is 13.0. The fraction of sp³-hybridized carbons (Fsp3) is 0.0426. The lowest BCUT2D eigenvalue weighted by Gasteiger charge is -2.23. The predicted molar refractivity (Wildman–Crippen MR) is 197 cm³/mol. The van der Waals surface area contributed by atoms with Crippen LogP contribution in [0.3, 0.4) is 0 Å². The van der Waals surface area contributed by atoms with Gasteiger partial charge in [-0.25, -0.2) is 0 Å². The van der Waals surface area contributed by atoms with E-state index in [1.807, 2.05) is 48.5 Å². The van der Waals surface area contributed by atoms with Crippen LogP contribution in [0.2, 0.25) is 0 Å². The maximum absolute atomic E-state index is 10.4. The van der Waals surface area contributed by atoms with E-state index in [1.54, 1.807) is 0 Å². The molecule has 0 saturated heterocycles. The highest BCUT2D eigenvalue weighted by molar-refractivity contribution is 5.91. The van der Waals surface area contributed by atoms with Crippen molar-refractivity contribution in [3.63, 3.8) is 0 Å². The predicted octanol–water partition coefficient (Wildman–Crippen LogP) is 11.0. The minimum atomic E-state index is -0.0766. The van der Waals surface area contributed by atoms with Crippen molar-refractivity contribution in [3.8, 4) is 62.7 Å². The summed E-state index contributed by atoms with van der Waals surface area (Å²) in [7, 11) is 0. The Morgan fingerprint density at radius 1 is 0.340 bits per heavy atom. The van der Waals surface area contributed by atoms with Crippen LogP contribution in [0.1, 0.15) is 61.9 Å². The van der Waals surface area contributed by atoms with Crippen molar-refractivity contribution in [2.24, 2.45) is 0 Å². The van der Waals surface area contributed by atoms with Crippen molar-refractivity contribution in [2.45, 2.75) is 11.8 Å². The van der Waals surface area contributed by atoms with Crippen molar-refractivity contribution in [2.75, 3.05) is 0 Å². The normalized spacial score (nSPS) is 14.7. The Labute approximate surface area is 291 Å². The second-order valence-electron chi connectivity index (χ2n) is 13.0. The molecule has 2 unspecified atom stereocenters. The molecule has 9 rings (SSSR count). The number of nitriles is 3. The van der Waals surface area contributed by atoms with Gasteiger partial charge in [-0.15, -0.1) is 0 Å². The highest BCUT2D eigenvalue weighted by Crippen LogP contribution is 2.53. The lowest BCUT2D eigenvalue weighted by atomic mass is 9.80. The van der Waals surface area contributed by atoms with Gasteiger partial charge in [0.1, 0.15) is 0 Å². The van der Waals surface area contributed by atoms with E-state index in [9.17, 15) is 15.8 Å². The van der Waals surface area contributed by atoms with E-state index in [0.717, 1.165) is 55.6 Å². The lowest BCUT2D eigenvalue weighted by molar-refractivity contribution is 1.01. The van der Waals surface area contributed by atoms with Crippen molar-refractivity contribution in [3.05, 3.63) is 202 Å². The Hall–Kier alpha value is -6.99. The standard InChI is InChI=1S/C47H27N3/c48-26-29-17-19-40-43(23-29)36-11-4-6-13-38(36)46(40)34-22-31(28-50)21-33(25-34)35-15-8-16-42(45(35)32-9-2-1-3-10-32)47-39-14-7-5-12-37(39)44-24-30(27-49)18-20-41(44)47/h1-25,46-47H. The molecule has 3 nitrogen and oxygen atoms in total. The molecule has 0 radical (unpaired) electrons. The summed E-state index contributed by atoms with van der Waals surface area (Å²) >= 11 is 0. The smallest absolute Gasteiger partial charge is 0.0991 e. The van der Waals surface area contributed by atoms with Crippen molar-refractivity contribution >= 4 is 0 Å². The first-order chi connectivity index (χ1) is 24.7. The Morgan fingerprint density at radius 3 is 1.50 bits per heavy atom. The zero-order valence-electron chi connectivity index (χ0n) is 26.9. The topological polar surface area (TPSA) is 71.4 Å². The van der Waals surface area contributed by atoms with Gasteiger partial charge in [-0.05, 0) is 114 Å². The van der Waals surface area contributed by atoms with E-state index in [2.05, 4.69) is 121 Å². The summed E-state index contributed by atoms with van der Waals surface area (Å²) in [5, 5.41) is 29.8. The molecular weight excluding hydrogens is 607 g/mol. The van der Waals surface area contributed by atoms with E-state index in [0.29, 0.717) is 16.7 Å². The van der Waals surface area contributed by atoms with Crippen LogP contribution in [0, 0.1) is 34.0 Å². The zero-order valence-corrected chi connectivity index (χ0v) is 26.9. The van der Waals surface area contributed by atoms with Crippen molar-refractivity contribution in [1.29, 1.82) is 15.8 Å². The first-order valence-corrected chi connectivity index (χ1v) is 16.7. The van der Waals surface area contributed by atoms with E-state index in [1.165, 1.54) is 22.3 Å². The third kappa shape index (κ3) is 4.48. The molecule has 0 spiro atoms. The van der Waals surface area contributed by atoms with Crippen molar-refractivity contribution in [1.82, 2.24) is 0 Å². The van der Waals surface area contributed by atoms with Gasteiger partial charge >= 0.3 is 0 Å². The Kier molecular flexibility index (Phi) is 6.77. The van der Waals surface area contributed by atoms with E-state index < -0.39 is 0 Å². The maximum Gasteiger partial charge on any atom is 0.0991 e. The molecule has 0 fully saturated rings. The number of rotatable bonds is 4. The van der Waals surface area contributed by atoms with Crippen LogP contribution in [-0.2, 0) is 0 Å².